The van der Waals surface area contributed by atoms with Gasteiger partial charge in [-0.05, 0) is 73.3 Å². The molecule has 2 heteroatoms. The Labute approximate surface area is 248 Å². The van der Waals surface area contributed by atoms with Crippen LogP contribution in [0, 0.1) is 0 Å². The van der Waals surface area contributed by atoms with Crippen LogP contribution in [0.1, 0.15) is 38.2 Å². The maximum absolute atomic E-state index is 13.4. The highest BCUT2D eigenvalue weighted by atomic mass is 79.9. The van der Waals surface area contributed by atoms with Crippen LogP contribution in [0.25, 0.3) is 33.4 Å². The molecule has 0 saturated carbocycles. The molecule has 0 radical (unpaired) electrons. The summed E-state index contributed by atoms with van der Waals surface area (Å²) >= 11 is 3.52. The van der Waals surface area contributed by atoms with Gasteiger partial charge in [0.25, 0.3) is 0 Å². The second kappa shape index (κ2) is 9.26. The highest BCUT2D eigenvalue weighted by Crippen LogP contribution is 2.63. The number of ketones is 1. The summed E-state index contributed by atoms with van der Waals surface area (Å²) in [4.78, 5) is 13.4. The first-order valence-corrected chi connectivity index (χ1v) is 14.8. The van der Waals surface area contributed by atoms with Gasteiger partial charge in [-0.1, -0.05) is 143 Å². The number of fused-ring (bicyclic) bond motifs is 10. The first-order chi connectivity index (χ1) is 20.2. The van der Waals surface area contributed by atoms with E-state index >= 15 is 0 Å². The second-order valence-electron chi connectivity index (χ2n) is 10.9. The number of hydrogen-bond donors (Lipinski definition) is 0. The Morgan fingerprint density at radius 3 is 1.71 bits per heavy atom. The molecule has 6 aromatic rings. The Morgan fingerprint density at radius 1 is 0.512 bits per heavy atom. The molecule has 0 amide bonds. The van der Waals surface area contributed by atoms with Crippen molar-refractivity contribution in [3.05, 3.63) is 177 Å². The first-order valence-electron chi connectivity index (χ1n) is 14.0. The molecule has 0 heterocycles. The van der Waals surface area contributed by atoms with Crippen molar-refractivity contribution < 1.29 is 4.79 Å². The molecule has 6 aromatic carbocycles. The summed E-state index contributed by atoms with van der Waals surface area (Å²) in [6, 6.07) is 49.4. The fourth-order valence-electron chi connectivity index (χ4n) is 7.24. The minimum atomic E-state index is -0.379. The van der Waals surface area contributed by atoms with Crippen LogP contribution in [0.15, 0.2) is 144 Å². The number of carbonyl (C=O) groups is 1. The molecule has 8 rings (SSSR count). The monoisotopic (exact) mass is 588 g/mol. The minimum absolute atomic E-state index is 0.113. The zero-order valence-electron chi connectivity index (χ0n) is 22.3. The molecular weight excluding hydrogens is 564 g/mol. The van der Waals surface area contributed by atoms with Crippen molar-refractivity contribution in [1.82, 2.24) is 0 Å². The number of Topliss-reactive ketones (excluding diaryl/α,β-unsaturated/α-hetero) is 1. The number of benzene rings is 6. The van der Waals surface area contributed by atoms with E-state index in [1.165, 1.54) is 50.1 Å². The van der Waals surface area contributed by atoms with Gasteiger partial charge in [-0.15, -0.1) is 0 Å². The fraction of sp³-hybridized carbons (Fsp3) is 0.0513. The molecule has 41 heavy (non-hydrogen) atoms. The van der Waals surface area contributed by atoms with Gasteiger partial charge in [0.1, 0.15) is 0 Å². The topological polar surface area (TPSA) is 17.1 Å². The standard InChI is InChI=1S/C39H25BrO/c40-27-13-9-12-26(23-27)37(41)24-25-11-1-2-14-28(25)31-18-10-22-36-38(31)32-17-5-8-21-35(32)39(36)33-19-6-3-15-29(33)30-16-4-7-20-34(30)39/h1-23H,24H2. The van der Waals surface area contributed by atoms with Crippen LogP contribution in [-0.2, 0) is 11.8 Å². The van der Waals surface area contributed by atoms with E-state index in [2.05, 4.69) is 125 Å². The SMILES string of the molecule is O=C(Cc1ccccc1-c1cccc2c1-c1ccccc1C21c2ccccc2-c2ccccc21)c1cccc(Br)c1. The molecule has 0 aliphatic heterocycles. The smallest absolute Gasteiger partial charge is 0.167 e. The third-order valence-electron chi connectivity index (χ3n) is 8.83. The molecule has 1 nitrogen and oxygen atoms in total. The molecule has 194 valence electrons. The summed E-state index contributed by atoms with van der Waals surface area (Å²) in [6.07, 6.45) is 0.342. The lowest BCUT2D eigenvalue weighted by Crippen LogP contribution is -2.25. The van der Waals surface area contributed by atoms with Crippen molar-refractivity contribution in [2.24, 2.45) is 0 Å². The fourth-order valence-corrected chi connectivity index (χ4v) is 7.64. The Morgan fingerprint density at radius 2 is 1.02 bits per heavy atom. The van der Waals surface area contributed by atoms with E-state index in [0.29, 0.717) is 6.42 Å². The van der Waals surface area contributed by atoms with Crippen LogP contribution in [0.3, 0.4) is 0 Å². The second-order valence-corrected chi connectivity index (χ2v) is 11.8. The number of halogens is 1. The van der Waals surface area contributed by atoms with Crippen molar-refractivity contribution in [2.45, 2.75) is 11.8 Å². The van der Waals surface area contributed by atoms with E-state index < -0.39 is 0 Å². The molecule has 0 bridgehead atoms. The molecule has 1 spiro atoms. The van der Waals surface area contributed by atoms with Crippen molar-refractivity contribution in [3.8, 4) is 33.4 Å². The lowest BCUT2D eigenvalue weighted by atomic mass is 9.70. The van der Waals surface area contributed by atoms with Crippen molar-refractivity contribution >= 4 is 21.7 Å². The zero-order chi connectivity index (χ0) is 27.6. The van der Waals surface area contributed by atoms with Crippen molar-refractivity contribution in [1.29, 1.82) is 0 Å². The van der Waals surface area contributed by atoms with Gasteiger partial charge in [0.05, 0.1) is 5.41 Å². The minimum Gasteiger partial charge on any atom is -0.294 e. The van der Waals surface area contributed by atoms with Gasteiger partial charge in [0, 0.05) is 16.5 Å². The maximum Gasteiger partial charge on any atom is 0.167 e. The molecule has 0 atom stereocenters. The van der Waals surface area contributed by atoms with Crippen LogP contribution in [0.4, 0.5) is 0 Å². The molecule has 0 saturated heterocycles. The van der Waals surface area contributed by atoms with Gasteiger partial charge in [-0.25, -0.2) is 0 Å². The summed E-state index contributed by atoms with van der Waals surface area (Å²) < 4.78 is 0.913. The Bertz CT molecular complexity index is 1970. The van der Waals surface area contributed by atoms with E-state index in [9.17, 15) is 4.79 Å². The Balaban J connectivity index is 1.37. The van der Waals surface area contributed by atoms with Gasteiger partial charge in [0.15, 0.2) is 5.78 Å². The number of rotatable bonds is 4. The van der Waals surface area contributed by atoms with Gasteiger partial charge in [-0.3, -0.25) is 4.79 Å². The van der Waals surface area contributed by atoms with Crippen LogP contribution in [0.5, 0.6) is 0 Å². The Hall–Kier alpha value is -4.53. The van der Waals surface area contributed by atoms with Gasteiger partial charge >= 0.3 is 0 Å². The van der Waals surface area contributed by atoms with Crippen LogP contribution >= 0.6 is 15.9 Å². The lowest BCUT2D eigenvalue weighted by molar-refractivity contribution is 0.0993. The molecule has 2 aliphatic carbocycles. The third kappa shape index (κ3) is 3.44. The van der Waals surface area contributed by atoms with Gasteiger partial charge in [-0.2, -0.15) is 0 Å². The summed E-state index contributed by atoms with van der Waals surface area (Å²) in [6.45, 7) is 0. The third-order valence-corrected chi connectivity index (χ3v) is 9.32. The van der Waals surface area contributed by atoms with E-state index in [1.807, 2.05) is 30.3 Å². The van der Waals surface area contributed by atoms with Crippen LogP contribution < -0.4 is 0 Å². The molecule has 0 N–H and O–H groups in total. The van der Waals surface area contributed by atoms with Crippen molar-refractivity contribution in [3.63, 3.8) is 0 Å². The van der Waals surface area contributed by atoms with Crippen LogP contribution in [0.2, 0.25) is 0 Å². The van der Waals surface area contributed by atoms with Gasteiger partial charge < -0.3 is 0 Å². The maximum atomic E-state index is 13.4. The summed E-state index contributed by atoms with van der Waals surface area (Å²) in [5.41, 5.74) is 14.1. The summed E-state index contributed by atoms with van der Waals surface area (Å²) in [5, 5.41) is 0. The summed E-state index contributed by atoms with van der Waals surface area (Å²) in [5.74, 6) is 0.113. The van der Waals surface area contributed by atoms with E-state index in [-0.39, 0.29) is 11.2 Å². The van der Waals surface area contributed by atoms with E-state index in [1.54, 1.807) is 0 Å². The van der Waals surface area contributed by atoms with E-state index in [0.717, 1.165) is 21.2 Å². The van der Waals surface area contributed by atoms with Crippen LogP contribution in [-0.4, -0.2) is 5.78 Å². The molecule has 0 fully saturated rings. The normalized spacial score (nSPS) is 13.4. The lowest BCUT2D eigenvalue weighted by Gasteiger charge is -2.30. The predicted molar refractivity (Wildman–Crippen MR) is 170 cm³/mol. The average molecular weight is 590 g/mol. The zero-order valence-corrected chi connectivity index (χ0v) is 23.9. The highest BCUT2D eigenvalue weighted by Gasteiger charge is 2.51. The summed E-state index contributed by atoms with van der Waals surface area (Å²) in [7, 11) is 0. The molecule has 0 unspecified atom stereocenters. The molecule has 0 aromatic heterocycles. The van der Waals surface area contributed by atoms with E-state index in [4.69, 9.17) is 0 Å². The first kappa shape index (κ1) is 24.3. The molecular formula is C39H25BrO. The number of carbonyl (C=O) groups excluding carboxylic acids is 1. The quantitative estimate of drug-likeness (QED) is 0.187. The Kier molecular flexibility index (Phi) is 5.48. The largest absolute Gasteiger partial charge is 0.294 e. The molecule has 2 aliphatic rings. The average Bonchev–Trinajstić information content (AvgIpc) is 3.49. The predicted octanol–water partition coefficient (Wildman–Crippen LogP) is 9.88. The van der Waals surface area contributed by atoms with Gasteiger partial charge in [0.2, 0.25) is 0 Å². The number of hydrogen-bond acceptors (Lipinski definition) is 1. The van der Waals surface area contributed by atoms with Crippen molar-refractivity contribution in [2.75, 3.05) is 0 Å². The highest BCUT2D eigenvalue weighted by molar-refractivity contribution is 9.10.